The summed E-state index contributed by atoms with van der Waals surface area (Å²) in [6.07, 6.45) is 2.20. The first-order valence-electron chi connectivity index (χ1n) is 14.0. The van der Waals surface area contributed by atoms with Gasteiger partial charge in [-0.05, 0) is 87.0 Å². The summed E-state index contributed by atoms with van der Waals surface area (Å²) >= 11 is 3.80. The van der Waals surface area contributed by atoms with Crippen LogP contribution in [0, 0.1) is 0 Å². The van der Waals surface area contributed by atoms with E-state index in [1.54, 1.807) is 0 Å². The largest absolute Gasteiger partial charge is 0.317 e. The van der Waals surface area contributed by atoms with Gasteiger partial charge >= 0.3 is 0 Å². The quantitative estimate of drug-likeness (QED) is 0.193. The van der Waals surface area contributed by atoms with Gasteiger partial charge in [0.2, 0.25) is 0 Å². The van der Waals surface area contributed by atoms with Crippen molar-refractivity contribution in [3.8, 4) is 27.9 Å². The topological polar surface area (TPSA) is 4.93 Å². The molecule has 0 saturated carbocycles. The molecule has 0 aliphatic heterocycles. The minimum atomic E-state index is -0.434. The van der Waals surface area contributed by atoms with E-state index in [1.807, 2.05) is 0 Å². The lowest BCUT2D eigenvalue weighted by atomic mass is 9.67. The Kier molecular flexibility index (Phi) is 5.58. The zero-order valence-electron chi connectivity index (χ0n) is 22.3. The third kappa shape index (κ3) is 3.68. The van der Waals surface area contributed by atoms with E-state index in [0.717, 1.165) is 10.2 Å². The van der Waals surface area contributed by atoms with Crippen LogP contribution in [0.1, 0.15) is 22.3 Å². The van der Waals surface area contributed by atoms with Crippen molar-refractivity contribution in [2.45, 2.75) is 5.41 Å². The second kappa shape index (κ2) is 9.47. The van der Waals surface area contributed by atoms with E-state index in [1.165, 1.54) is 55.4 Å². The van der Waals surface area contributed by atoms with E-state index in [0.29, 0.717) is 0 Å². The molecule has 0 bridgehead atoms. The normalized spacial score (nSPS) is 13.2. The minimum Gasteiger partial charge on any atom is -0.317 e. The zero-order valence-corrected chi connectivity index (χ0v) is 23.9. The van der Waals surface area contributed by atoms with Crippen molar-refractivity contribution in [3.05, 3.63) is 185 Å². The molecule has 8 rings (SSSR count). The Bertz CT molecular complexity index is 2000. The number of nitrogens with zero attached hydrogens (tertiary/aromatic N) is 1. The molecule has 41 heavy (non-hydrogen) atoms. The molecule has 0 fully saturated rings. The van der Waals surface area contributed by atoms with Crippen LogP contribution in [-0.2, 0) is 5.41 Å². The molecule has 0 amide bonds. The molecule has 194 valence electrons. The van der Waals surface area contributed by atoms with Crippen molar-refractivity contribution in [2.24, 2.45) is 0 Å². The van der Waals surface area contributed by atoms with Gasteiger partial charge in [-0.25, -0.2) is 0 Å². The van der Waals surface area contributed by atoms with E-state index in [4.69, 9.17) is 0 Å². The highest BCUT2D eigenvalue weighted by Gasteiger charge is 2.46. The summed E-state index contributed by atoms with van der Waals surface area (Å²) in [7, 11) is 0. The Hall–Kier alpha value is -4.66. The van der Waals surface area contributed by atoms with Crippen molar-refractivity contribution < 1.29 is 0 Å². The Balaban J connectivity index is 1.37. The minimum absolute atomic E-state index is 0.434. The maximum absolute atomic E-state index is 3.80. The van der Waals surface area contributed by atoms with Crippen LogP contribution in [0.15, 0.2) is 162 Å². The van der Waals surface area contributed by atoms with Crippen LogP contribution in [0.2, 0.25) is 0 Å². The molecule has 0 saturated heterocycles. The molecule has 1 aromatic heterocycles. The first-order chi connectivity index (χ1) is 20.2. The lowest BCUT2D eigenvalue weighted by Gasteiger charge is -2.34. The highest BCUT2D eigenvalue weighted by atomic mass is 79.9. The lowest BCUT2D eigenvalue weighted by Crippen LogP contribution is -2.28. The van der Waals surface area contributed by atoms with Gasteiger partial charge in [-0.15, -0.1) is 0 Å². The lowest BCUT2D eigenvalue weighted by molar-refractivity contribution is 0.766. The van der Waals surface area contributed by atoms with E-state index < -0.39 is 5.41 Å². The number of halogens is 1. The molecule has 1 nitrogen and oxygen atoms in total. The fourth-order valence-corrected chi connectivity index (χ4v) is 7.14. The molecule has 0 radical (unpaired) electrons. The first kappa shape index (κ1) is 24.2. The van der Waals surface area contributed by atoms with Crippen LogP contribution in [0.5, 0.6) is 0 Å². The van der Waals surface area contributed by atoms with E-state index >= 15 is 0 Å². The molecule has 1 aliphatic carbocycles. The van der Waals surface area contributed by atoms with Crippen LogP contribution in [0.4, 0.5) is 0 Å². The van der Waals surface area contributed by atoms with Gasteiger partial charge in [-0.1, -0.05) is 125 Å². The molecule has 0 N–H and O–H groups in total. The van der Waals surface area contributed by atoms with Gasteiger partial charge in [0, 0.05) is 21.7 Å². The summed E-state index contributed by atoms with van der Waals surface area (Å²) in [6.45, 7) is 0. The highest BCUT2D eigenvalue weighted by molar-refractivity contribution is 9.10. The van der Waals surface area contributed by atoms with Crippen molar-refractivity contribution in [3.63, 3.8) is 0 Å². The van der Waals surface area contributed by atoms with E-state index in [2.05, 4.69) is 178 Å². The molecule has 1 aliphatic rings. The van der Waals surface area contributed by atoms with Crippen molar-refractivity contribution >= 4 is 26.8 Å². The molecule has 1 heterocycles. The molecule has 6 aromatic carbocycles. The second-order valence-electron chi connectivity index (χ2n) is 10.7. The zero-order chi connectivity index (χ0) is 27.4. The molecule has 7 aromatic rings. The fraction of sp³-hybridized carbons (Fsp3) is 0.0256. The third-order valence-electron chi connectivity index (χ3n) is 8.57. The van der Waals surface area contributed by atoms with Gasteiger partial charge in [0.1, 0.15) is 0 Å². The van der Waals surface area contributed by atoms with Crippen LogP contribution < -0.4 is 0 Å². The summed E-state index contributed by atoms with van der Waals surface area (Å²) in [6, 6.07) is 55.2. The third-order valence-corrected chi connectivity index (χ3v) is 9.07. The summed E-state index contributed by atoms with van der Waals surface area (Å²) in [5.74, 6) is 0. The number of hydrogen-bond acceptors (Lipinski definition) is 0. The standard InChI is InChI=1S/C39H26BrN/c40-32-17-19-34-35-20-18-33(41-23-22-29-24-28(16-21-38(29)41)27-10-4-1-5-11-27)26-37(35)39(36(34)25-32,30-12-6-2-7-13-30)31-14-8-3-9-15-31/h1-26H. The molecule has 0 atom stereocenters. The summed E-state index contributed by atoms with van der Waals surface area (Å²) in [5.41, 5.74) is 12.1. The van der Waals surface area contributed by atoms with Gasteiger partial charge in [0.25, 0.3) is 0 Å². The highest BCUT2D eigenvalue weighted by Crippen LogP contribution is 2.57. The van der Waals surface area contributed by atoms with Gasteiger partial charge < -0.3 is 4.57 Å². The van der Waals surface area contributed by atoms with Crippen LogP contribution in [-0.4, -0.2) is 4.57 Å². The van der Waals surface area contributed by atoms with E-state index in [-0.39, 0.29) is 0 Å². The molecule has 0 spiro atoms. The second-order valence-corrected chi connectivity index (χ2v) is 11.6. The monoisotopic (exact) mass is 587 g/mol. The van der Waals surface area contributed by atoms with Crippen LogP contribution in [0.3, 0.4) is 0 Å². The van der Waals surface area contributed by atoms with Gasteiger partial charge in [0.05, 0.1) is 10.9 Å². The summed E-state index contributed by atoms with van der Waals surface area (Å²) < 4.78 is 3.41. The van der Waals surface area contributed by atoms with E-state index in [9.17, 15) is 0 Å². The maximum Gasteiger partial charge on any atom is 0.0714 e. The number of hydrogen-bond donors (Lipinski definition) is 0. The van der Waals surface area contributed by atoms with Gasteiger partial charge in [-0.2, -0.15) is 0 Å². The van der Waals surface area contributed by atoms with Crippen molar-refractivity contribution in [2.75, 3.05) is 0 Å². The van der Waals surface area contributed by atoms with Crippen LogP contribution in [0.25, 0.3) is 38.8 Å². The molecule has 2 heteroatoms. The predicted molar refractivity (Wildman–Crippen MR) is 174 cm³/mol. The number of fused-ring (bicyclic) bond motifs is 4. The SMILES string of the molecule is Brc1ccc2c(c1)C(c1ccccc1)(c1ccccc1)c1cc(-n3ccc4cc(-c5ccccc5)ccc43)ccc1-2. The Morgan fingerprint density at radius 3 is 1.78 bits per heavy atom. The summed E-state index contributed by atoms with van der Waals surface area (Å²) in [4.78, 5) is 0. The molecular weight excluding hydrogens is 562 g/mol. The van der Waals surface area contributed by atoms with Crippen molar-refractivity contribution in [1.29, 1.82) is 0 Å². The molecule has 0 unspecified atom stereocenters. The number of rotatable bonds is 4. The smallest absolute Gasteiger partial charge is 0.0714 e. The Morgan fingerprint density at radius 2 is 1.10 bits per heavy atom. The molecular formula is C39H26BrN. The average molecular weight is 589 g/mol. The van der Waals surface area contributed by atoms with Crippen LogP contribution >= 0.6 is 15.9 Å². The average Bonchev–Trinajstić information content (AvgIpc) is 3.59. The summed E-state index contributed by atoms with van der Waals surface area (Å²) in [5, 5.41) is 1.23. The van der Waals surface area contributed by atoms with Gasteiger partial charge in [0.15, 0.2) is 0 Å². The fourth-order valence-electron chi connectivity index (χ4n) is 6.78. The van der Waals surface area contributed by atoms with Gasteiger partial charge in [-0.3, -0.25) is 0 Å². The number of aromatic nitrogens is 1. The predicted octanol–water partition coefficient (Wildman–Crippen LogP) is 10.4. The Morgan fingerprint density at radius 1 is 0.488 bits per heavy atom. The number of benzene rings is 6. The maximum atomic E-state index is 3.80. The first-order valence-corrected chi connectivity index (χ1v) is 14.8. The van der Waals surface area contributed by atoms with Crippen molar-refractivity contribution in [1.82, 2.24) is 4.57 Å². The Labute approximate surface area is 248 Å².